The van der Waals surface area contributed by atoms with E-state index >= 15 is 0 Å². The highest BCUT2D eigenvalue weighted by Gasteiger charge is 2.27. The number of para-hydroxylation sites is 1. The van der Waals surface area contributed by atoms with Crippen molar-refractivity contribution >= 4 is 17.3 Å². The molecule has 1 aromatic rings. The van der Waals surface area contributed by atoms with Gasteiger partial charge in [-0.25, -0.2) is 0 Å². The average Bonchev–Trinajstić information content (AvgIpc) is 2.37. The monoisotopic (exact) mass is 232 g/mol. The third kappa shape index (κ3) is 2.28. The Balaban J connectivity index is 2.54. The molecule has 3 nitrogen and oxygen atoms in total. The lowest BCUT2D eigenvalue weighted by molar-refractivity contribution is -0.116. The van der Waals surface area contributed by atoms with E-state index in [-0.39, 0.29) is 11.4 Å². The van der Waals surface area contributed by atoms with Gasteiger partial charge in [0.05, 0.1) is 11.4 Å². The van der Waals surface area contributed by atoms with Crippen LogP contribution in [0.15, 0.2) is 18.2 Å². The van der Waals surface area contributed by atoms with Crippen LogP contribution in [-0.2, 0) is 4.79 Å². The Morgan fingerprint density at radius 3 is 2.65 bits per heavy atom. The van der Waals surface area contributed by atoms with Crippen molar-refractivity contribution in [2.75, 3.05) is 16.8 Å². The van der Waals surface area contributed by atoms with E-state index in [1.807, 2.05) is 19.1 Å². The lowest BCUT2D eigenvalue weighted by Crippen LogP contribution is -2.42. The minimum atomic E-state index is 0.0227. The zero-order valence-corrected chi connectivity index (χ0v) is 11.0. The summed E-state index contributed by atoms with van der Waals surface area (Å²) in [6.45, 7) is 9.33. The molecule has 1 aromatic carbocycles. The number of anilines is 2. The van der Waals surface area contributed by atoms with Crippen molar-refractivity contribution in [3.8, 4) is 0 Å². The van der Waals surface area contributed by atoms with Crippen LogP contribution in [0, 0.1) is 6.92 Å². The second-order valence-corrected chi connectivity index (χ2v) is 5.59. The first kappa shape index (κ1) is 12.0. The van der Waals surface area contributed by atoms with Crippen molar-refractivity contribution in [2.45, 2.75) is 39.7 Å². The van der Waals surface area contributed by atoms with Gasteiger partial charge >= 0.3 is 0 Å². The summed E-state index contributed by atoms with van der Waals surface area (Å²) in [5, 5.41) is 3.01. The molecule has 0 unspecified atom stereocenters. The molecule has 0 bridgehead atoms. The van der Waals surface area contributed by atoms with E-state index in [1.165, 1.54) is 0 Å². The molecule has 0 aromatic heterocycles. The van der Waals surface area contributed by atoms with Gasteiger partial charge in [0.1, 0.15) is 0 Å². The van der Waals surface area contributed by atoms with Crippen LogP contribution < -0.4 is 10.2 Å². The second-order valence-electron chi connectivity index (χ2n) is 5.59. The topological polar surface area (TPSA) is 32.3 Å². The standard InChI is InChI=1S/C14H20N2O/c1-10-6-5-7-11-13(10)15-12(17)8-9-16(11)14(2,3)4/h5-7H,8-9H2,1-4H3,(H,15,17). The summed E-state index contributed by atoms with van der Waals surface area (Å²) >= 11 is 0. The highest BCUT2D eigenvalue weighted by Crippen LogP contribution is 2.35. The molecule has 0 fully saturated rings. The molecule has 0 atom stereocenters. The van der Waals surface area contributed by atoms with E-state index in [9.17, 15) is 4.79 Å². The van der Waals surface area contributed by atoms with Gasteiger partial charge in [0.25, 0.3) is 0 Å². The first-order valence-electron chi connectivity index (χ1n) is 6.07. The maximum absolute atomic E-state index is 11.7. The molecule has 3 heteroatoms. The molecule has 1 amide bonds. The number of hydrogen-bond donors (Lipinski definition) is 1. The van der Waals surface area contributed by atoms with Gasteiger partial charge < -0.3 is 10.2 Å². The Morgan fingerprint density at radius 2 is 2.00 bits per heavy atom. The maximum atomic E-state index is 11.7. The van der Waals surface area contributed by atoms with Crippen LogP contribution in [0.25, 0.3) is 0 Å². The fourth-order valence-corrected chi connectivity index (χ4v) is 2.27. The summed E-state index contributed by atoms with van der Waals surface area (Å²) in [7, 11) is 0. The quantitative estimate of drug-likeness (QED) is 0.746. The van der Waals surface area contributed by atoms with Gasteiger partial charge in [-0.1, -0.05) is 12.1 Å². The molecule has 1 aliphatic rings. The summed E-state index contributed by atoms with van der Waals surface area (Å²) in [6, 6.07) is 6.16. The van der Waals surface area contributed by atoms with Crippen LogP contribution in [0.1, 0.15) is 32.8 Å². The summed E-state index contributed by atoms with van der Waals surface area (Å²) in [4.78, 5) is 14.0. The van der Waals surface area contributed by atoms with Crippen LogP contribution in [0.4, 0.5) is 11.4 Å². The third-order valence-corrected chi connectivity index (χ3v) is 3.18. The molecule has 0 saturated heterocycles. The van der Waals surface area contributed by atoms with Crippen molar-refractivity contribution < 1.29 is 4.79 Å². The summed E-state index contributed by atoms with van der Waals surface area (Å²) in [5.74, 6) is 0.104. The minimum Gasteiger partial charge on any atom is -0.364 e. The Hall–Kier alpha value is -1.51. The molecule has 1 N–H and O–H groups in total. The lowest BCUT2D eigenvalue weighted by Gasteiger charge is -2.37. The normalized spacial score (nSPS) is 16.2. The molecule has 2 rings (SSSR count). The molecule has 1 heterocycles. The van der Waals surface area contributed by atoms with Crippen molar-refractivity contribution in [2.24, 2.45) is 0 Å². The van der Waals surface area contributed by atoms with Crippen LogP contribution in [0.5, 0.6) is 0 Å². The number of rotatable bonds is 0. The van der Waals surface area contributed by atoms with Crippen LogP contribution >= 0.6 is 0 Å². The largest absolute Gasteiger partial charge is 0.364 e. The predicted octanol–water partition coefficient (Wildman–Crippen LogP) is 2.94. The molecule has 1 aliphatic heterocycles. The predicted molar refractivity (Wildman–Crippen MR) is 71.5 cm³/mol. The van der Waals surface area contributed by atoms with Crippen LogP contribution in [-0.4, -0.2) is 18.0 Å². The van der Waals surface area contributed by atoms with E-state index in [1.54, 1.807) is 0 Å². The average molecular weight is 232 g/mol. The molecule has 17 heavy (non-hydrogen) atoms. The summed E-state index contributed by atoms with van der Waals surface area (Å²) in [6.07, 6.45) is 0.547. The number of carbonyl (C=O) groups is 1. The highest BCUT2D eigenvalue weighted by molar-refractivity contribution is 5.97. The lowest BCUT2D eigenvalue weighted by atomic mass is 10.0. The fourth-order valence-electron chi connectivity index (χ4n) is 2.27. The molecular formula is C14H20N2O. The number of hydrogen-bond acceptors (Lipinski definition) is 2. The first-order chi connectivity index (χ1) is 7.89. The van der Waals surface area contributed by atoms with Gasteiger partial charge in [0, 0.05) is 18.5 Å². The van der Waals surface area contributed by atoms with Crippen LogP contribution in [0.2, 0.25) is 0 Å². The molecule has 0 saturated carbocycles. The van der Waals surface area contributed by atoms with Gasteiger partial charge in [0.15, 0.2) is 0 Å². The summed E-state index contributed by atoms with van der Waals surface area (Å²) in [5.41, 5.74) is 3.23. The number of carbonyl (C=O) groups excluding carboxylic acids is 1. The Kier molecular flexibility index (Phi) is 2.86. The van der Waals surface area contributed by atoms with Gasteiger partial charge in [0.2, 0.25) is 5.91 Å². The first-order valence-corrected chi connectivity index (χ1v) is 6.07. The minimum absolute atomic E-state index is 0.0227. The SMILES string of the molecule is Cc1cccc2c1NC(=O)CCN2C(C)(C)C. The zero-order valence-electron chi connectivity index (χ0n) is 11.0. The van der Waals surface area contributed by atoms with Gasteiger partial charge in [-0.3, -0.25) is 4.79 Å². The summed E-state index contributed by atoms with van der Waals surface area (Å²) < 4.78 is 0. The van der Waals surface area contributed by atoms with E-state index in [4.69, 9.17) is 0 Å². The fraction of sp³-hybridized carbons (Fsp3) is 0.500. The van der Waals surface area contributed by atoms with Crippen molar-refractivity contribution in [3.63, 3.8) is 0 Å². The second kappa shape index (κ2) is 4.06. The van der Waals surface area contributed by atoms with Gasteiger partial charge in [-0.15, -0.1) is 0 Å². The Morgan fingerprint density at radius 1 is 1.29 bits per heavy atom. The Labute approximate surface area is 103 Å². The number of benzene rings is 1. The Bertz CT molecular complexity index is 446. The molecule has 0 radical (unpaired) electrons. The van der Waals surface area contributed by atoms with Gasteiger partial charge in [-0.05, 0) is 39.3 Å². The molecule has 0 spiro atoms. The van der Waals surface area contributed by atoms with E-state index in [2.05, 4.69) is 37.1 Å². The number of fused-ring (bicyclic) bond motifs is 1. The smallest absolute Gasteiger partial charge is 0.226 e. The number of aryl methyl sites for hydroxylation is 1. The number of amides is 1. The van der Waals surface area contributed by atoms with E-state index < -0.39 is 0 Å². The van der Waals surface area contributed by atoms with E-state index in [0.717, 1.165) is 23.5 Å². The molecule has 0 aliphatic carbocycles. The number of nitrogens with zero attached hydrogens (tertiary/aromatic N) is 1. The maximum Gasteiger partial charge on any atom is 0.226 e. The highest BCUT2D eigenvalue weighted by atomic mass is 16.1. The molecular weight excluding hydrogens is 212 g/mol. The number of nitrogens with one attached hydrogen (secondary N) is 1. The van der Waals surface area contributed by atoms with Crippen molar-refractivity contribution in [1.82, 2.24) is 0 Å². The van der Waals surface area contributed by atoms with Crippen molar-refractivity contribution in [3.05, 3.63) is 23.8 Å². The van der Waals surface area contributed by atoms with E-state index in [0.29, 0.717) is 6.42 Å². The van der Waals surface area contributed by atoms with Crippen molar-refractivity contribution in [1.29, 1.82) is 0 Å². The zero-order chi connectivity index (χ0) is 12.6. The molecule has 92 valence electrons. The third-order valence-electron chi connectivity index (χ3n) is 3.18. The van der Waals surface area contributed by atoms with Crippen LogP contribution in [0.3, 0.4) is 0 Å². The van der Waals surface area contributed by atoms with Gasteiger partial charge in [-0.2, -0.15) is 0 Å².